The Labute approximate surface area is 168 Å². The smallest absolute Gasteiger partial charge is 0.0733 e. The summed E-state index contributed by atoms with van der Waals surface area (Å²) in [6.45, 7) is 12.1. The van der Waals surface area contributed by atoms with Gasteiger partial charge in [-0.05, 0) is 57.9 Å². The topological polar surface area (TPSA) is 3.24 Å². The molecule has 6 rings (SSSR count). The van der Waals surface area contributed by atoms with E-state index in [1.54, 1.807) is 5.56 Å². The van der Waals surface area contributed by atoms with Gasteiger partial charge in [-0.2, -0.15) is 0 Å². The van der Waals surface area contributed by atoms with E-state index in [2.05, 4.69) is 100 Å². The first-order valence-electron chi connectivity index (χ1n) is 10.8. The molecule has 28 heavy (non-hydrogen) atoms. The van der Waals surface area contributed by atoms with Gasteiger partial charge in [-0.3, -0.25) is 0 Å². The zero-order valence-corrected chi connectivity index (χ0v) is 17.6. The minimum atomic E-state index is 0.0649. The van der Waals surface area contributed by atoms with Crippen LogP contribution >= 0.6 is 0 Å². The van der Waals surface area contributed by atoms with Crippen molar-refractivity contribution in [2.75, 3.05) is 0 Å². The van der Waals surface area contributed by atoms with Gasteiger partial charge in [-0.1, -0.05) is 77.1 Å². The standard InChI is InChI=1S/C27H29N/c1-6-27-17(2)26(27,5)23-15-19-18-11-7-8-12-21(18)25(3,4)22(19)16-20(23)24-13-9-10-14-28(24)27/h7-17,24H,6H2,1-5H3. The van der Waals surface area contributed by atoms with Gasteiger partial charge < -0.3 is 4.90 Å². The lowest BCUT2D eigenvalue weighted by Crippen LogP contribution is -2.45. The maximum absolute atomic E-state index is 2.68. The fraction of sp³-hybridized carbons (Fsp3) is 0.407. The van der Waals surface area contributed by atoms with Crippen LogP contribution in [0.4, 0.5) is 0 Å². The average Bonchev–Trinajstić information content (AvgIpc) is 3.14. The Bertz CT molecular complexity index is 1090. The zero-order valence-electron chi connectivity index (χ0n) is 17.6. The van der Waals surface area contributed by atoms with Crippen LogP contribution in [-0.4, -0.2) is 10.4 Å². The second kappa shape index (κ2) is 4.82. The van der Waals surface area contributed by atoms with E-state index < -0.39 is 0 Å². The lowest BCUT2D eigenvalue weighted by molar-refractivity contribution is 0.160. The van der Waals surface area contributed by atoms with Gasteiger partial charge in [0, 0.05) is 17.0 Å². The molecule has 2 aromatic rings. The van der Waals surface area contributed by atoms with Gasteiger partial charge in [-0.15, -0.1) is 0 Å². The summed E-state index contributed by atoms with van der Waals surface area (Å²) >= 11 is 0. The van der Waals surface area contributed by atoms with Crippen LogP contribution < -0.4 is 0 Å². The third kappa shape index (κ3) is 1.52. The summed E-state index contributed by atoms with van der Waals surface area (Å²) in [6.07, 6.45) is 10.4. The second-order valence-electron chi connectivity index (χ2n) is 9.94. The predicted molar refractivity (Wildman–Crippen MR) is 116 cm³/mol. The number of nitrogens with zero attached hydrogens (tertiary/aromatic N) is 1. The minimum absolute atomic E-state index is 0.0649. The summed E-state index contributed by atoms with van der Waals surface area (Å²) < 4.78 is 0. The second-order valence-corrected chi connectivity index (χ2v) is 9.94. The highest BCUT2D eigenvalue weighted by Gasteiger charge is 2.76. The summed E-state index contributed by atoms with van der Waals surface area (Å²) in [6, 6.07) is 14.5. The minimum Gasteiger partial charge on any atom is -0.360 e. The van der Waals surface area contributed by atoms with Gasteiger partial charge in [0.05, 0.1) is 11.6 Å². The Morgan fingerprint density at radius 1 is 0.929 bits per heavy atom. The van der Waals surface area contributed by atoms with Crippen LogP contribution in [0.5, 0.6) is 0 Å². The van der Waals surface area contributed by atoms with Crippen LogP contribution in [0, 0.1) is 5.92 Å². The van der Waals surface area contributed by atoms with Crippen LogP contribution in [-0.2, 0) is 10.8 Å². The molecule has 2 aliphatic carbocycles. The van der Waals surface area contributed by atoms with Gasteiger partial charge in [0.1, 0.15) is 0 Å². The van der Waals surface area contributed by atoms with Gasteiger partial charge in [0.15, 0.2) is 0 Å². The first kappa shape index (κ1) is 16.7. The zero-order chi connectivity index (χ0) is 19.5. The molecule has 1 saturated carbocycles. The van der Waals surface area contributed by atoms with E-state index in [4.69, 9.17) is 0 Å². The van der Waals surface area contributed by atoms with E-state index in [-0.39, 0.29) is 16.4 Å². The highest BCUT2D eigenvalue weighted by Crippen LogP contribution is 2.73. The Morgan fingerprint density at radius 3 is 2.50 bits per heavy atom. The maximum Gasteiger partial charge on any atom is 0.0733 e. The maximum atomic E-state index is 2.68. The highest BCUT2D eigenvalue weighted by molar-refractivity contribution is 5.82. The molecule has 0 radical (unpaired) electrons. The Morgan fingerprint density at radius 2 is 1.71 bits per heavy atom. The molecule has 0 amide bonds. The molecule has 1 heteroatoms. The Balaban J connectivity index is 1.67. The van der Waals surface area contributed by atoms with Gasteiger partial charge in [0.25, 0.3) is 0 Å². The summed E-state index contributed by atoms with van der Waals surface area (Å²) in [5, 5.41) is 0. The summed E-state index contributed by atoms with van der Waals surface area (Å²) in [5.41, 5.74) is 9.52. The quantitative estimate of drug-likeness (QED) is 0.557. The molecule has 4 aliphatic rings. The van der Waals surface area contributed by atoms with Crippen LogP contribution in [0.3, 0.4) is 0 Å². The van der Waals surface area contributed by atoms with Crippen LogP contribution in [0.25, 0.3) is 11.1 Å². The molecule has 1 nitrogen and oxygen atoms in total. The molecular weight excluding hydrogens is 338 g/mol. The number of rotatable bonds is 1. The van der Waals surface area contributed by atoms with E-state index in [0.717, 1.165) is 0 Å². The first-order valence-corrected chi connectivity index (χ1v) is 10.8. The lowest BCUT2D eigenvalue weighted by atomic mass is 9.75. The number of benzene rings is 2. The van der Waals surface area contributed by atoms with Crippen molar-refractivity contribution in [2.45, 2.75) is 63.5 Å². The molecular formula is C27H29N. The molecule has 4 atom stereocenters. The fourth-order valence-electron chi connectivity index (χ4n) is 7.31. The Hall–Kier alpha value is -2.28. The van der Waals surface area contributed by atoms with E-state index >= 15 is 0 Å². The number of hydrogen-bond acceptors (Lipinski definition) is 1. The van der Waals surface area contributed by atoms with Crippen molar-refractivity contribution in [1.29, 1.82) is 0 Å². The molecule has 4 unspecified atom stereocenters. The van der Waals surface area contributed by atoms with Crippen LogP contribution in [0.1, 0.15) is 69.3 Å². The monoisotopic (exact) mass is 367 g/mol. The van der Waals surface area contributed by atoms with Gasteiger partial charge in [0.2, 0.25) is 0 Å². The molecule has 142 valence electrons. The van der Waals surface area contributed by atoms with Crippen molar-refractivity contribution >= 4 is 0 Å². The SMILES string of the molecule is CCC12C(C)C1(C)c1cc3c(cc1C1C=CC=CN12)C(C)(C)c1ccccc1-3. The van der Waals surface area contributed by atoms with Crippen molar-refractivity contribution in [3.05, 3.63) is 83.1 Å². The lowest BCUT2D eigenvalue weighted by Gasteiger charge is -2.46. The largest absolute Gasteiger partial charge is 0.360 e. The molecule has 0 N–H and O–H groups in total. The molecule has 2 heterocycles. The third-order valence-corrected chi connectivity index (χ3v) is 8.98. The first-order chi connectivity index (χ1) is 13.4. The number of hydrogen-bond donors (Lipinski definition) is 0. The molecule has 2 aromatic carbocycles. The van der Waals surface area contributed by atoms with Crippen molar-refractivity contribution < 1.29 is 0 Å². The predicted octanol–water partition coefficient (Wildman–Crippen LogP) is 6.49. The van der Waals surface area contributed by atoms with E-state index in [1.807, 2.05) is 0 Å². The summed E-state index contributed by atoms with van der Waals surface area (Å²) in [4.78, 5) is 2.68. The van der Waals surface area contributed by atoms with E-state index in [9.17, 15) is 0 Å². The third-order valence-electron chi connectivity index (χ3n) is 8.98. The van der Waals surface area contributed by atoms with E-state index in [0.29, 0.717) is 12.0 Å². The molecule has 1 fully saturated rings. The van der Waals surface area contributed by atoms with Crippen molar-refractivity contribution in [3.8, 4) is 11.1 Å². The van der Waals surface area contributed by atoms with Crippen molar-refractivity contribution in [1.82, 2.24) is 4.90 Å². The van der Waals surface area contributed by atoms with Gasteiger partial charge >= 0.3 is 0 Å². The molecule has 0 saturated heterocycles. The van der Waals surface area contributed by atoms with Gasteiger partial charge in [-0.25, -0.2) is 0 Å². The average molecular weight is 368 g/mol. The number of allylic oxidation sites excluding steroid dienone is 2. The highest BCUT2D eigenvalue weighted by atomic mass is 15.3. The van der Waals surface area contributed by atoms with Crippen LogP contribution in [0.15, 0.2) is 60.8 Å². The summed E-state index contributed by atoms with van der Waals surface area (Å²) in [7, 11) is 0. The van der Waals surface area contributed by atoms with Crippen molar-refractivity contribution in [2.24, 2.45) is 5.92 Å². The van der Waals surface area contributed by atoms with E-state index in [1.165, 1.54) is 34.2 Å². The molecule has 0 spiro atoms. The fourth-order valence-corrected chi connectivity index (χ4v) is 7.31. The normalized spacial score (nSPS) is 35.0. The molecule has 0 bridgehead atoms. The van der Waals surface area contributed by atoms with Crippen molar-refractivity contribution in [3.63, 3.8) is 0 Å². The molecule has 2 aliphatic heterocycles. The number of fused-ring (bicyclic) bond motifs is 9. The Kier molecular flexibility index (Phi) is 2.87. The summed E-state index contributed by atoms with van der Waals surface area (Å²) in [5.74, 6) is 0.660. The van der Waals surface area contributed by atoms with Crippen LogP contribution in [0.2, 0.25) is 0 Å². The molecule has 0 aromatic heterocycles.